The van der Waals surface area contributed by atoms with Crippen LogP contribution in [0.1, 0.15) is 45.0 Å². The second-order valence-corrected chi connectivity index (χ2v) is 5.54. The van der Waals surface area contributed by atoms with E-state index in [1.54, 1.807) is 0 Å². The van der Waals surface area contributed by atoms with E-state index in [0.29, 0.717) is 18.1 Å². The third-order valence-electron chi connectivity index (χ3n) is 3.83. The van der Waals surface area contributed by atoms with Crippen LogP contribution < -0.4 is 0 Å². The van der Waals surface area contributed by atoms with E-state index in [-0.39, 0.29) is 5.78 Å². The molecule has 1 unspecified atom stereocenters. The number of nitrogens with zero attached hydrogens (tertiary/aromatic N) is 2. The lowest BCUT2D eigenvalue weighted by Crippen LogP contribution is -2.36. The van der Waals surface area contributed by atoms with Crippen molar-refractivity contribution in [2.45, 2.75) is 58.6 Å². The van der Waals surface area contributed by atoms with E-state index in [1.807, 2.05) is 25.5 Å². The van der Waals surface area contributed by atoms with Crippen molar-refractivity contribution in [3.8, 4) is 0 Å². The molecule has 0 aromatic carbocycles. The molecule has 0 bridgehead atoms. The molecule has 0 radical (unpaired) electrons. The minimum absolute atomic E-state index is 0.101. The van der Waals surface area contributed by atoms with E-state index in [1.165, 1.54) is 0 Å². The molecule has 1 aliphatic heterocycles. The Morgan fingerprint density at radius 3 is 2.79 bits per heavy atom. The normalized spacial score (nSPS) is 22.9. The zero-order chi connectivity index (χ0) is 14.0. The molecule has 1 aromatic rings. The molecule has 2 heterocycles. The van der Waals surface area contributed by atoms with Crippen LogP contribution in [0.15, 0.2) is 0 Å². The Morgan fingerprint density at radius 1 is 1.53 bits per heavy atom. The highest BCUT2D eigenvalue weighted by Gasteiger charge is 2.38. The molecule has 1 atom stereocenters. The van der Waals surface area contributed by atoms with Crippen LogP contribution in [0, 0.1) is 0 Å². The van der Waals surface area contributed by atoms with Crippen molar-refractivity contribution in [2.24, 2.45) is 0 Å². The number of carbonyl (C=O) groups excluding carboxylic acids is 1. The van der Waals surface area contributed by atoms with Crippen molar-refractivity contribution in [1.29, 1.82) is 0 Å². The van der Waals surface area contributed by atoms with Crippen LogP contribution in [0.4, 0.5) is 0 Å². The van der Waals surface area contributed by atoms with Gasteiger partial charge in [-0.15, -0.1) is 0 Å². The first kappa shape index (κ1) is 14.5. The van der Waals surface area contributed by atoms with E-state index in [4.69, 9.17) is 16.3 Å². The second-order valence-electron chi connectivity index (χ2n) is 5.16. The molecule has 1 saturated heterocycles. The van der Waals surface area contributed by atoms with Gasteiger partial charge < -0.3 is 4.74 Å². The SMILES string of the molecule is CCc1nn(CC)c(CC(=O)C2(C)CCCO2)c1Cl. The van der Waals surface area contributed by atoms with E-state index in [2.05, 4.69) is 5.10 Å². The predicted molar refractivity (Wildman–Crippen MR) is 74.6 cm³/mol. The maximum absolute atomic E-state index is 12.4. The standard InChI is InChI=1S/C14H21ClN2O2/c1-4-10-13(15)11(17(5-2)16-10)9-12(18)14(3)7-6-8-19-14/h4-9H2,1-3H3. The highest BCUT2D eigenvalue weighted by Crippen LogP contribution is 2.29. The van der Waals surface area contributed by atoms with Gasteiger partial charge in [0.2, 0.25) is 0 Å². The zero-order valence-corrected chi connectivity index (χ0v) is 12.6. The molecule has 0 amide bonds. The summed E-state index contributed by atoms with van der Waals surface area (Å²) in [5.41, 5.74) is 1.05. The fourth-order valence-electron chi connectivity index (χ4n) is 2.52. The smallest absolute Gasteiger partial charge is 0.170 e. The number of ketones is 1. The number of aromatic nitrogens is 2. The molecule has 1 fully saturated rings. The predicted octanol–water partition coefficient (Wildman–Crippen LogP) is 2.80. The first-order chi connectivity index (χ1) is 9.01. The van der Waals surface area contributed by atoms with E-state index < -0.39 is 5.60 Å². The summed E-state index contributed by atoms with van der Waals surface area (Å²) in [4.78, 5) is 12.4. The van der Waals surface area contributed by atoms with E-state index in [9.17, 15) is 4.79 Å². The molecular weight excluding hydrogens is 264 g/mol. The molecular formula is C14H21ClN2O2. The van der Waals surface area contributed by atoms with Crippen LogP contribution in [-0.2, 0) is 28.9 Å². The largest absolute Gasteiger partial charge is 0.367 e. The van der Waals surface area contributed by atoms with Gasteiger partial charge >= 0.3 is 0 Å². The summed E-state index contributed by atoms with van der Waals surface area (Å²) in [7, 11) is 0. The monoisotopic (exact) mass is 284 g/mol. The Balaban J connectivity index is 2.23. The number of rotatable bonds is 5. The van der Waals surface area contributed by atoms with Gasteiger partial charge in [0.25, 0.3) is 0 Å². The first-order valence-electron chi connectivity index (χ1n) is 6.93. The van der Waals surface area contributed by atoms with Gasteiger partial charge in [0.15, 0.2) is 5.78 Å². The summed E-state index contributed by atoms with van der Waals surface area (Å²) in [6.07, 6.45) is 2.82. The fourth-order valence-corrected chi connectivity index (χ4v) is 2.86. The van der Waals surface area contributed by atoms with Gasteiger partial charge in [-0.1, -0.05) is 18.5 Å². The molecule has 0 saturated carbocycles. The third-order valence-corrected chi connectivity index (χ3v) is 4.27. The number of hydrogen-bond acceptors (Lipinski definition) is 3. The molecule has 1 aromatic heterocycles. The molecule has 106 valence electrons. The fraction of sp³-hybridized carbons (Fsp3) is 0.714. The van der Waals surface area contributed by atoms with Crippen molar-refractivity contribution in [1.82, 2.24) is 9.78 Å². The minimum atomic E-state index is -0.640. The summed E-state index contributed by atoms with van der Waals surface area (Å²) < 4.78 is 7.43. The molecule has 1 aliphatic rings. The van der Waals surface area contributed by atoms with Crippen LogP contribution in [0.3, 0.4) is 0 Å². The minimum Gasteiger partial charge on any atom is -0.367 e. The van der Waals surface area contributed by atoms with Crippen molar-refractivity contribution in [3.05, 3.63) is 16.4 Å². The van der Waals surface area contributed by atoms with E-state index in [0.717, 1.165) is 37.2 Å². The van der Waals surface area contributed by atoms with Crippen molar-refractivity contribution < 1.29 is 9.53 Å². The van der Waals surface area contributed by atoms with Crippen LogP contribution in [0.25, 0.3) is 0 Å². The maximum Gasteiger partial charge on any atom is 0.170 e. The van der Waals surface area contributed by atoms with Crippen molar-refractivity contribution >= 4 is 17.4 Å². The quantitative estimate of drug-likeness (QED) is 0.835. The number of halogens is 1. The van der Waals surface area contributed by atoms with Gasteiger partial charge in [-0.25, -0.2) is 0 Å². The lowest BCUT2D eigenvalue weighted by molar-refractivity contribution is -0.136. The highest BCUT2D eigenvalue weighted by atomic mass is 35.5. The number of carbonyl (C=O) groups is 1. The lowest BCUT2D eigenvalue weighted by Gasteiger charge is -2.21. The van der Waals surface area contributed by atoms with Crippen LogP contribution in [-0.4, -0.2) is 27.8 Å². The summed E-state index contributed by atoms with van der Waals surface area (Å²) in [6.45, 7) is 7.29. The Hall–Kier alpha value is -0.870. The number of ether oxygens (including phenoxy) is 1. The Morgan fingerprint density at radius 2 is 2.26 bits per heavy atom. The topological polar surface area (TPSA) is 44.1 Å². The first-order valence-corrected chi connectivity index (χ1v) is 7.31. The number of hydrogen-bond donors (Lipinski definition) is 0. The van der Waals surface area contributed by atoms with Crippen LogP contribution in [0.5, 0.6) is 0 Å². The summed E-state index contributed by atoms with van der Waals surface area (Å²) >= 11 is 6.33. The Kier molecular flexibility index (Phi) is 4.31. The van der Waals surface area contributed by atoms with Crippen LogP contribution >= 0.6 is 11.6 Å². The van der Waals surface area contributed by atoms with Gasteiger partial charge in [0.1, 0.15) is 5.60 Å². The molecule has 0 aliphatic carbocycles. The Bertz CT molecular complexity index is 476. The second kappa shape index (κ2) is 5.63. The van der Waals surface area contributed by atoms with Crippen LogP contribution in [0.2, 0.25) is 5.02 Å². The summed E-state index contributed by atoms with van der Waals surface area (Å²) in [6, 6.07) is 0. The maximum atomic E-state index is 12.4. The van der Waals surface area contributed by atoms with Gasteiger partial charge in [-0.3, -0.25) is 9.48 Å². The van der Waals surface area contributed by atoms with Gasteiger partial charge in [0, 0.05) is 13.2 Å². The third kappa shape index (κ3) is 2.70. The average molecular weight is 285 g/mol. The molecule has 0 spiro atoms. The summed E-state index contributed by atoms with van der Waals surface area (Å²) in [5.74, 6) is 0.101. The van der Waals surface area contributed by atoms with Crippen molar-refractivity contribution in [3.63, 3.8) is 0 Å². The molecule has 0 N–H and O–H groups in total. The molecule has 4 nitrogen and oxygen atoms in total. The van der Waals surface area contributed by atoms with E-state index >= 15 is 0 Å². The molecule has 5 heteroatoms. The lowest BCUT2D eigenvalue weighted by atomic mass is 9.94. The van der Waals surface area contributed by atoms with Crippen molar-refractivity contribution in [2.75, 3.05) is 6.61 Å². The molecule has 19 heavy (non-hydrogen) atoms. The average Bonchev–Trinajstić information content (AvgIpc) is 2.96. The number of aryl methyl sites for hydroxylation is 2. The number of Topliss-reactive ketones (excluding diaryl/α,β-unsaturated/α-hetero) is 1. The van der Waals surface area contributed by atoms with Gasteiger partial charge in [-0.2, -0.15) is 5.10 Å². The van der Waals surface area contributed by atoms with Gasteiger partial charge in [0.05, 0.1) is 22.8 Å². The molecule has 2 rings (SSSR count). The van der Waals surface area contributed by atoms with Gasteiger partial charge in [-0.05, 0) is 33.1 Å². The summed E-state index contributed by atoms with van der Waals surface area (Å²) in [5, 5.41) is 5.08. The highest BCUT2D eigenvalue weighted by molar-refractivity contribution is 6.32. The zero-order valence-electron chi connectivity index (χ0n) is 11.8. The Labute approximate surface area is 119 Å².